The number of Topliss-reactive ketones (excluding diaryl/α,β-unsaturated/α-hetero) is 1. The predicted molar refractivity (Wildman–Crippen MR) is 69.0 cm³/mol. The summed E-state index contributed by atoms with van der Waals surface area (Å²) in [4.78, 5) is 12.2. The standard InChI is InChI=1S/C14H16N2O2/c1-10-4-5-12(14(8-10)18-3)13(17)9-11-6-7-16(2)15-11/h4-8H,9H2,1-3H3. The molecule has 0 saturated carbocycles. The van der Waals surface area contributed by atoms with E-state index in [2.05, 4.69) is 5.10 Å². The maximum Gasteiger partial charge on any atom is 0.172 e. The van der Waals surface area contributed by atoms with Crippen molar-refractivity contribution in [2.24, 2.45) is 7.05 Å². The molecule has 0 aliphatic heterocycles. The Morgan fingerprint density at radius 3 is 2.78 bits per heavy atom. The molecule has 2 aromatic rings. The van der Waals surface area contributed by atoms with Gasteiger partial charge in [-0.1, -0.05) is 6.07 Å². The fraction of sp³-hybridized carbons (Fsp3) is 0.286. The molecule has 2 rings (SSSR count). The third-order valence-corrected chi connectivity index (χ3v) is 2.77. The van der Waals surface area contributed by atoms with Gasteiger partial charge in [0.05, 0.1) is 24.8 Å². The van der Waals surface area contributed by atoms with Crippen molar-refractivity contribution in [3.63, 3.8) is 0 Å². The Bertz CT molecular complexity index is 573. The third kappa shape index (κ3) is 2.59. The van der Waals surface area contributed by atoms with Gasteiger partial charge in [-0.25, -0.2) is 0 Å². The summed E-state index contributed by atoms with van der Waals surface area (Å²) in [5.74, 6) is 0.640. The topological polar surface area (TPSA) is 44.1 Å². The Hall–Kier alpha value is -2.10. The van der Waals surface area contributed by atoms with E-state index in [9.17, 15) is 4.79 Å². The first-order valence-electron chi connectivity index (χ1n) is 5.76. The van der Waals surface area contributed by atoms with Gasteiger partial charge in [-0.15, -0.1) is 0 Å². The number of nitrogens with zero attached hydrogens (tertiary/aromatic N) is 2. The number of hydrogen-bond acceptors (Lipinski definition) is 3. The lowest BCUT2D eigenvalue weighted by atomic mass is 10.0. The minimum Gasteiger partial charge on any atom is -0.496 e. The molecule has 18 heavy (non-hydrogen) atoms. The number of carbonyl (C=O) groups excluding carboxylic acids is 1. The normalized spacial score (nSPS) is 10.4. The maximum absolute atomic E-state index is 12.2. The molecule has 0 amide bonds. The monoisotopic (exact) mass is 244 g/mol. The summed E-state index contributed by atoms with van der Waals surface area (Å²) in [6.07, 6.45) is 2.12. The van der Waals surface area contributed by atoms with Gasteiger partial charge >= 0.3 is 0 Å². The van der Waals surface area contributed by atoms with Gasteiger partial charge in [0, 0.05) is 13.2 Å². The highest BCUT2D eigenvalue weighted by molar-refractivity contribution is 5.99. The fourth-order valence-electron chi connectivity index (χ4n) is 1.85. The number of aryl methyl sites for hydroxylation is 2. The van der Waals surface area contributed by atoms with E-state index in [0.29, 0.717) is 17.7 Å². The first kappa shape index (κ1) is 12.4. The number of aromatic nitrogens is 2. The minimum absolute atomic E-state index is 0.0190. The van der Waals surface area contributed by atoms with E-state index in [0.717, 1.165) is 11.3 Å². The van der Waals surface area contributed by atoms with Gasteiger partial charge in [0.15, 0.2) is 5.78 Å². The van der Waals surface area contributed by atoms with Gasteiger partial charge in [0.1, 0.15) is 5.75 Å². The van der Waals surface area contributed by atoms with E-state index in [1.807, 2.05) is 38.4 Å². The predicted octanol–water partition coefficient (Wildman–Crippen LogP) is 2.16. The van der Waals surface area contributed by atoms with Crippen LogP contribution in [0.1, 0.15) is 21.6 Å². The SMILES string of the molecule is COc1cc(C)ccc1C(=O)Cc1ccn(C)n1. The van der Waals surface area contributed by atoms with Crippen molar-refractivity contribution in [3.05, 3.63) is 47.3 Å². The molecule has 0 N–H and O–H groups in total. The lowest BCUT2D eigenvalue weighted by Gasteiger charge is -2.07. The van der Waals surface area contributed by atoms with Crippen molar-refractivity contribution in [1.82, 2.24) is 9.78 Å². The first-order valence-corrected chi connectivity index (χ1v) is 5.76. The van der Waals surface area contributed by atoms with E-state index in [4.69, 9.17) is 4.74 Å². The van der Waals surface area contributed by atoms with Crippen molar-refractivity contribution in [2.75, 3.05) is 7.11 Å². The smallest absolute Gasteiger partial charge is 0.172 e. The van der Waals surface area contributed by atoms with Crippen LogP contribution in [0.25, 0.3) is 0 Å². The van der Waals surface area contributed by atoms with Gasteiger partial charge in [0.2, 0.25) is 0 Å². The maximum atomic E-state index is 12.2. The van der Waals surface area contributed by atoms with Crippen LogP contribution >= 0.6 is 0 Å². The summed E-state index contributed by atoms with van der Waals surface area (Å²) in [6.45, 7) is 1.97. The van der Waals surface area contributed by atoms with Crippen molar-refractivity contribution < 1.29 is 9.53 Å². The van der Waals surface area contributed by atoms with Gasteiger partial charge in [-0.05, 0) is 30.7 Å². The number of ether oxygens (including phenoxy) is 1. The van der Waals surface area contributed by atoms with Gasteiger partial charge in [0.25, 0.3) is 0 Å². The molecule has 0 saturated heterocycles. The Kier molecular flexibility index (Phi) is 3.46. The summed E-state index contributed by atoms with van der Waals surface area (Å²) in [7, 11) is 3.41. The number of benzene rings is 1. The van der Waals surface area contributed by atoms with Gasteiger partial charge in [-0.2, -0.15) is 5.10 Å². The second-order valence-corrected chi connectivity index (χ2v) is 4.28. The first-order chi connectivity index (χ1) is 8.60. The van der Waals surface area contributed by atoms with Crippen LogP contribution in [-0.4, -0.2) is 22.7 Å². The molecule has 0 spiro atoms. The molecular weight excluding hydrogens is 228 g/mol. The molecule has 4 heteroatoms. The molecule has 0 unspecified atom stereocenters. The zero-order valence-corrected chi connectivity index (χ0v) is 10.8. The van der Waals surface area contributed by atoms with Crippen molar-refractivity contribution >= 4 is 5.78 Å². The number of carbonyl (C=O) groups is 1. The molecule has 94 valence electrons. The van der Waals surface area contributed by atoms with Gasteiger partial charge < -0.3 is 4.74 Å². The number of rotatable bonds is 4. The second kappa shape index (κ2) is 5.04. The largest absolute Gasteiger partial charge is 0.496 e. The molecule has 1 aromatic carbocycles. The highest BCUT2D eigenvalue weighted by atomic mass is 16.5. The lowest BCUT2D eigenvalue weighted by Crippen LogP contribution is -2.07. The highest BCUT2D eigenvalue weighted by Gasteiger charge is 2.14. The summed E-state index contributed by atoms with van der Waals surface area (Å²) < 4.78 is 6.93. The Labute approximate surface area is 106 Å². The van der Waals surface area contributed by atoms with Crippen molar-refractivity contribution in [2.45, 2.75) is 13.3 Å². The zero-order valence-electron chi connectivity index (χ0n) is 10.8. The van der Waals surface area contributed by atoms with Crippen LogP contribution < -0.4 is 4.74 Å². The molecule has 0 radical (unpaired) electrons. The summed E-state index contributed by atoms with van der Waals surface area (Å²) in [6, 6.07) is 7.43. The lowest BCUT2D eigenvalue weighted by molar-refractivity contribution is 0.0989. The van der Waals surface area contributed by atoms with Crippen LogP contribution in [0.5, 0.6) is 5.75 Å². The molecule has 0 fully saturated rings. The van der Waals surface area contributed by atoms with E-state index in [1.165, 1.54) is 0 Å². The van der Waals surface area contributed by atoms with Crippen molar-refractivity contribution in [3.8, 4) is 5.75 Å². The Balaban J connectivity index is 2.23. The fourth-order valence-corrected chi connectivity index (χ4v) is 1.85. The average Bonchev–Trinajstić information content (AvgIpc) is 2.74. The highest BCUT2D eigenvalue weighted by Crippen LogP contribution is 2.21. The van der Waals surface area contributed by atoms with Crippen molar-refractivity contribution in [1.29, 1.82) is 0 Å². The van der Waals surface area contributed by atoms with Crippen LogP contribution in [0, 0.1) is 6.92 Å². The minimum atomic E-state index is 0.0190. The molecule has 4 nitrogen and oxygen atoms in total. The molecule has 1 aromatic heterocycles. The number of methoxy groups -OCH3 is 1. The average molecular weight is 244 g/mol. The summed E-state index contributed by atoms with van der Waals surface area (Å²) in [5, 5.41) is 4.20. The van der Waals surface area contributed by atoms with Crippen LogP contribution in [-0.2, 0) is 13.5 Å². The molecule has 0 bridgehead atoms. The van der Waals surface area contributed by atoms with E-state index in [-0.39, 0.29) is 5.78 Å². The zero-order chi connectivity index (χ0) is 13.1. The summed E-state index contributed by atoms with van der Waals surface area (Å²) >= 11 is 0. The van der Waals surface area contributed by atoms with E-state index in [1.54, 1.807) is 17.9 Å². The summed E-state index contributed by atoms with van der Waals surface area (Å²) in [5.41, 5.74) is 2.44. The van der Waals surface area contributed by atoms with Gasteiger partial charge in [-0.3, -0.25) is 9.48 Å². The molecular formula is C14H16N2O2. The van der Waals surface area contributed by atoms with Crippen LogP contribution in [0.15, 0.2) is 30.5 Å². The Morgan fingerprint density at radius 1 is 1.39 bits per heavy atom. The van der Waals surface area contributed by atoms with Crippen LogP contribution in [0.4, 0.5) is 0 Å². The second-order valence-electron chi connectivity index (χ2n) is 4.28. The van der Waals surface area contributed by atoms with E-state index >= 15 is 0 Å². The molecule has 0 aliphatic rings. The molecule has 0 aliphatic carbocycles. The third-order valence-electron chi connectivity index (χ3n) is 2.77. The van der Waals surface area contributed by atoms with E-state index < -0.39 is 0 Å². The Morgan fingerprint density at radius 2 is 2.17 bits per heavy atom. The number of ketones is 1. The number of hydrogen-bond donors (Lipinski definition) is 0. The molecule has 0 atom stereocenters. The van der Waals surface area contributed by atoms with Crippen LogP contribution in [0.3, 0.4) is 0 Å². The van der Waals surface area contributed by atoms with Crippen LogP contribution in [0.2, 0.25) is 0 Å². The quantitative estimate of drug-likeness (QED) is 0.774. The molecule has 1 heterocycles.